The van der Waals surface area contributed by atoms with Gasteiger partial charge in [-0.15, -0.1) is 0 Å². The summed E-state index contributed by atoms with van der Waals surface area (Å²) in [7, 11) is 0. The molecule has 0 saturated carbocycles. The lowest BCUT2D eigenvalue weighted by Gasteiger charge is -2.17. The first-order valence-electron chi connectivity index (χ1n) is 7.83. The van der Waals surface area contributed by atoms with Crippen LogP contribution in [0, 0.1) is 0 Å². The average molecular weight is 393 g/mol. The minimum atomic E-state index is -0.232. The van der Waals surface area contributed by atoms with E-state index in [9.17, 15) is 4.79 Å². The Morgan fingerprint density at radius 1 is 1.29 bits per heavy atom. The molecular formula is C18H21BrN2O3. The van der Waals surface area contributed by atoms with Gasteiger partial charge in [-0.05, 0) is 32.0 Å². The van der Waals surface area contributed by atoms with E-state index in [1.165, 1.54) is 0 Å². The van der Waals surface area contributed by atoms with Crippen LogP contribution in [0.15, 0.2) is 47.1 Å². The quantitative estimate of drug-likeness (QED) is 0.682. The Bertz CT molecular complexity index is 679. The van der Waals surface area contributed by atoms with Gasteiger partial charge in [0.2, 0.25) is 0 Å². The largest absolute Gasteiger partial charge is 0.485 e. The highest BCUT2D eigenvalue weighted by atomic mass is 79.9. The molecule has 5 nitrogen and oxygen atoms in total. The summed E-state index contributed by atoms with van der Waals surface area (Å²) in [5.41, 5.74) is 1.05. The van der Waals surface area contributed by atoms with Crippen LogP contribution in [0.2, 0.25) is 0 Å². The van der Waals surface area contributed by atoms with Gasteiger partial charge in [-0.1, -0.05) is 34.1 Å². The van der Waals surface area contributed by atoms with Gasteiger partial charge in [0.25, 0.3) is 0 Å². The molecule has 1 heterocycles. The molecule has 0 aliphatic carbocycles. The average Bonchev–Trinajstić information content (AvgIpc) is 2.55. The molecule has 24 heavy (non-hydrogen) atoms. The fraction of sp³-hybridized carbons (Fsp3) is 0.333. The van der Waals surface area contributed by atoms with Crippen LogP contribution in [0.5, 0.6) is 5.75 Å². The second-order valence-electron chi connectivity index (χ2n) is 5.28. The number of esters is 1. The van der Waals surface area contributed by atoms with Gasteiger partial charge >= 0.3 is 5.97 Å². The van der Waals surface area contributed by atoms with Crippen molar-refractivity contribution in [3.05, 3.63) is 52.6 Å². The molecular weight excluding hydrogens is 372 g/mol. The second-order valence-corrected chi connectivity index (χ2v) is 6.14. The summed E-state index contributed by atoms with van der Waals surface area (Å²) in [6.45, 7) is 4.51. The molecule has 0 bridgehead atoms. The first kappa shape index (κ1) is 18.3. The Balaban J connectivity index is 1.99. The zero-order chi connectivity index (χ0) is 17.4. The first-order valence-corrected chi connectivity index (χ1v) is 8.62. The molecule has 1 unspecified atom stereocenters. The maximum Gasteiger partial charge on any atom is 0.307 e. The van der Waals surface area contributed by atoms with Gasteiger partial charge in [0.15, 0.2) is 11.6 Å². The second kappa shape index (κ2) is 9.27. The summed E-state index contributed by atoms with van der Waals surface area (Å²) in [4.78, 5) is 15.9. The van der Waals surface area contributed by atoms with Crippen molar-refractivity contribution in [1.82, 2.24) is 4.98 Å². The van der Waals surface area contributed by atoms with Crippen LogP contribution < -0.4 is 10.1 Å². The Hall–Kier alpha value is -2.08. The number of nitrogens with one attached hydrogen (secondary N) is 1. The van der Waals surface area contributed by atoms with E-state index in [-0.39, 0.29) is 18.4 Å². The van der Waals surface area contributed by atoms with Crippen LogP contribution in [0.1, 0.15) is 25.8 Å². The number of benzene rings is 1. The molecule has 1 atom stereocenters. The van der Waals surface area contributed by atoms with Crippen LogP contribution >= 0.6 is 15.9 Å². The zero-order valence-corrected chi connectivity index (χ0v) is 15.4. The number of rotatable bonds is 8. The molecule has 0 spiro atoms. The molecule has 0 fully saturated rings. The Kier molecular flexibility index (Phi) is 7.06. The van der Waals surface area contributed by atoms with Gasteiger partial charge < -0.3 is 14.8 Å². The molecule has 1 aromatic heterocycles. The molecule has 0 saturated heterocycles. The highest BCUT2D eigenvalue weighted by Gasteiger charge is 2.13. The Morgan fingerprint density at radius 3 is 2.83 bits per heavy atom. The third-order valence-corrected chi connectivity index (χ3v) is 4.05. The number of carbonyl (C=O) groups excluding carboxylic acids is 1. The Morgan fingerprint density at radius 2 is 2.08 bits per heavy atom. The monoisotopic (exact) mass is 392 g/mol. The van der Waals surface area contributed by atoms with E-state index >= 15 is 0 Å². The number of ether oxygens (including phenoxy) is 2. The number of pyridine rings is 1. The highest BCUT2D eigenvalue weighted by Crippen LogP contribution is 2.25. The van der Waals surface area contributed by atoms with E-state index in [0.29, 0.717) is 24.8 Å². The molecule has 0 aliphatic rings. The third-order valence-electron chi connectivity index (χ3n) is 3.27. The number of nitrogens with zero attached hydrogens (tertiary/aromatic N) is 1. The molecule has 128 valence electrons. The molecule has 0 amide bonds. The van der Waals surface area contributed by atoms with Crippen LogP contribution in [0.25, 0.3) is 0 Å². The van der Waals surface area contributed by atoms with Gasteiger partial charge in [0.05, 0.1) is 13.0 Å². The maximum absolute atomic E-state index is 11.6. The van der Waals surface area contributed by atoms with E-state index in [0.717, 1.165) is 10.0 Å². The fourth-order valence-electron chi connectivity index (χ4n) is 2.14. The lowest BCUT2D eigenvalue weighted by molar-refractivity contribution is -0.143. The number of anilines is 1. The summed E-state index contributed by atoms with van der Waals surface area (Å²) < 4.78 is 11.8. The number of carbonyl (C=O) groups is 1. The summed E-state index contributed by atoms with van der Waals surface area (Å²) >= 11 is 3.51. The molecule has 6 heteroatoms. The molecule has 0 radical (unpaired) electrons. The standard InChI is InChI=1S/C18H21BrN2O3/c1-3-23-17(22)11-13(2)21-18-16(9-6-10-20-18)24-12-14-7-4-5-8-15(14)19/h4-10,13H,3,11-12H2,1-2H3,(H,20,21). The van der Waals surface area contributed by atoms with E-state index < -0.39 is 0 Å². The predicted octanol–water partition coefficient (Wildman–Crippen LogP) is 4.18. The summed E-state index contributed by atoms with van der Waals surface area (Å²) in [5, 5.41) is 3.20. The SMILES string of the molecule is CCOC(=O)CC(C)Nc1ncccc1OCc1ccccc1Br. The molecule has 0 aliphatic heterocycles. The summed E-state index contributed by atoms with van der Waals surface area (Å²) in [6, 6.07) is 11.5. The number of hydrogen-bond donors (Lipinski definition) is 1. The lowest BCUT2D eigenvalue weighted by Crippen LogP contribution is -2.22. The van der Waals surface area contributed by atoms with Crippen LogP contribution in [0.3, 0.4) is 0 Å². The van der Waals surface area contributed by atoms with Gasteiger partial charge in [-0.25, -0.2) is 4.98 Å². The lowest BCUT2D eigenvalue weighted by atomic mass is 10.2. The smallest absolute Gasteiger partial charge is 0.307 e. The summed E-state index contributed by atoms with van der Waals surface area (Å²) in [6.07, 6.45) is 1.96. The van der Waals surface area contributed by atoms with E-state index in [1.54, 1.807) is 13.1 Å². The first-order chi connectivity index (χ1) is 11.6. The van der Waals surface area contributed by atoms with E-state index in [1.807, 2.05) is 43.3 Å². The maximum atomic E-state index is 11.6. The van der Waals surface area contributed by atoms with Crippen LogP contribution in [-0.2, 0) is 16.1 Å². The van der Waals surface area contributed by atoms with Crippen LogP contribution in [0.4, 0.5) is 5.82 Å². The summed E-state index contributed by atoms with van der Waals surface area (Å²) in [5.74, 6) is 1.02. The molecule has 2 rings (SSSR count). The topological polar surface area (TPSA) is 60.5 Å². The van der Waals surface area contributed by atoms with Crippen molar-refractivity contribution in [2.24, 2.45) is 0 Å². The molecule has 2 aromatic rings. The predicted molar refractivity (Wildman–Crippen MR) is 97.0 cm³/mol. The Labute approximate surface area is 150 Å². The molecule has 1 aromatic carbocycles. The van der Waals surface area contributed by atoms with Crippen molar-refractivity contribution in [3.8, 4) is 5.75 Å². The number of halogens is 1. The van der Waals surface area contributed by atoms with Gasteiger partial charge in [-0.2, -0.15) is 0 Å². The van der Waals surface area contributed by atoms with Crippen molar-refractivity contribution < 1.29 is 14.3 Å². The highest BCUT2D eigenvalue weighted by molar-refractivity contribution is 9.10. The van der Waals surface area contributed by atoms with E-state index in [2.05, 4.69) is 26.2 Å². The normalized spacial score (nSPS) is 11.6. The van der Waals surface area contributed by atoms with Crippen molar-refractivity contribution in [3.63, 3.8) is 0 Å². The number of aromatic nitrogens is 1. The third kappa shape index (κ3) is 5.53. The number of hydrogen-bond acceptors (Lipinski definition) is 5. The van der Waals surface area contributed by atoms with Gasteiger partial charge in [0.1, 0.15) is 6.61 Å². The van der Waals surface area contributed by atoms with Crippen LogP contribution in [-0.4, -0.2) is 23.6 Å². The van der Waals surface area contributed by atoms with E-state index in [4.69, 9.17) is 9.47 Å². The van der Waals surface area contributed by atoms with Gasteiger partial charge in [-0.3, -0.25) is 4.79 Å². The fourth-order valence-corrected chi connectivity index (χ4v) is 2.54. The zero-order valence-electron chi connectivity index (χ0n) is 13.8. The van der Waals surface area contributed by atoms with Crippen molar-refractivity contribution >= 4 is 27.7 Å². The van der Waals surface area contributed by atoms with Crippen molar-refractivity contribution in [2.45, 2.75) is 32.9 Å². The van der Waals surface area contributed by atoms with Crippen molar-refractivity contribution in [1.29, 1.82) is 0 Å². The van der Waals surface area contributed by atoms with Gasteiger partial charge in [0, 0.05) is 22.3 Å². The minimum Gasteiger partial charge on any atom is -0.485 e. The minimum absolute atomic E-state index is 0.107. The molecule has 1 N–H and O–H groups in total. The van der Waals surface area contributed by atoms with Crippen molar-refractivity contribution in [2.75, 3.05) is 11.9 Å².